The summed E-state index contributed by atoms with van der Waals surface area (Å²) in [6, 6.07) is 1.49. The Morgan fingerprint density at radius 3 is 2.87 bits per heavy atom. The summed E-state index contributed by atoms with van der Waals surface area (Å²) >= 11 is 0. The van der Waals surface area contributed by atoms with E-state index in [0.717, 1.165) is 13.0 Å². The first kappa shape index (κ1) is 11.8. The molecule has 0 atom stereocenters. The van der Waals surface area contributed by atoms with Gasteiger partial charge in [0.25, 0.3) is 5.56 Å². The quantitative estimate of drug-likeness (QED) is 0.705. The number of hydrogen-bond donors (Lipinski definition) is 2. The second kappa shape index (κ2) is 6.22. The van der Waals surface area contributed by atoms with Crippen molar-refractivity contribution >= 4 is 5.82 Å². The first-order chi connectivity index (χ1) is 7.22. The molecule has 0 aliphatic carbocycles. The van der Waals surface area contributed by atoms with Crippen LogP contribution < -0.4 is 10.9 Å². The van der Waals surface area contributed by atoms with E-state index in [1.165, 1.54) is 25.3 Å². The first-order valence-electron chi connectivity index (χ1n) is 5.54. The molecule has 15 heavy (non-hydrogen) atoms. The highest BCUT2D eigenvalue weighted by Gasteiger charge is 1.96. The molecular weight excluding hydrogens is 190 g/mol. The molecule has 0 spiro atoms. The SMILES string of the molecule is CCCCCCNc1cc(=O)[nH]c(C)n1. The van der Waals surface area contributed by atoms with Crippen molar-refractivity contribution in [1.29, 1.82) is 0 Å². The van der Waals surface area contributed by atoms with Gasteiger partial charge in [0.1, 0.15) is 11.6 Å². The normalized spacial score (nSPS) is 10.3. The molecule has 0 amide bonds. The lowest BCUT2D eigenvalue weighted by atomic mass is 10.2. The molecule has 1 rings (SSSR count). The number of unbranched alkanes of at least 4 members (excludes halogenated alkanes) is 3. The first-order valence-corrected chi connectivity index (χ1v) is 5.54. The molecule has 0 aromatic carbocycles. The van der Waals surface area contributed by atoms with Crippen LogP contribution in [0.5, 0.6) is 0 Å². The standard InChI is InChI=1S/C11H19N3O/c1-3-4-5-6-7-12-10-8-11(15)14-9(2)13-10/h8H,3-7H2,1-2H3,(H2,12,13,14,15). The van der Waals surface area contributed by atoms with E-state index in [9.17, 15) is 4.79 Å². The van der Waals surface area contributed by atoms with Crippen LogP contribution >= 0.6 is 0 Å². The summed E-state index contributed by atoms with van der Waals surface area (Å²) in [6.45, 7) is 4.86. The number of anilines is 1. The molecule has 0 aliphatic rings. The molecule has 1 aromatic heterocycles. The van der Waals surface area contributed by atoms with Gasteiger partial charge in [0.2, 0.25) is 0 Å². The van der Waals surface area contributed by atoms with Gasteiger partial charge in [0.05, 0.1) is 0 Å². The minimum atomic E-state index is -0.0986. The molecule has 0 radical (unpaired) electrons. The van der Waals surface area contributed by atoms with E-state index in [-0.39, 0.29) is 5.56 Å². The van der Waals surface area contributed by atoms with Gasteiger partial charge in [-0.1, -0.05) is 26.2 Å². The van der Waals surface area contributed by atoms with Crippen LogP contribution in [0.1, 0.15) is 38.4 Å². The summed E-state index contributed by atoms with van der Waals surface area (Å²) in [4.78, 5) is 17.9. The Morgan fingerprint density at radius 2 is 2.20 bits per heavy atom. The summed E-state index contributed by atoms with van der Waals surface area (Å²) in [7, 11) is 0. The molecule has 1 aromatic rings. The molecule has 2 N–H and O–H groups in total. The Balaban J connectivity index is 2.34. The van der Waals surface area contributed by atoms with Gasteiger partial charge in [-0.2, -0.15) is 0 Å². The smallest absolute Gasteiger partial charge is 0.252 e. The van der Waals surface area contributed by atoms with Gasteiger partial charge in [-0.15, -0.1) is 0 Å². The maximum atomic E-state index is 11.1. The number of aromatic amines is 1. The van der Waals surface area contributed by atoms with Crippen molar-refractivity contribution in [2.75, 3.05) is 11.9 Å². The summed E-state index contributed by atoms with van der Waals surface area (Å²) in [6.07, 6.45) is 4.86. The predicted octanol–water partition coefficient (Wildman–Crippen LogP) is 2.07. The van der Waals surface area contributed by atoms with Gasteiger partial charge in [-0.05, 0) is 13.3 Å². The molecule has 4 heteroatoms. The highest BCUT2D eigenvalue weighted by molar-refractivity contribution is 5.32. The van der Waals surface area contributed by atoms with E-state index in [0.29, 0.717) is 11.6 Å². The van der Waals surface area contributed by atoms with Crippen LogP contribution in [-0.2, 0) is 0 Å². The zero-order chi connectivity index (χ0) is 11.1. The van der Waals surface area contributed by atoms with E-state index < -0.39 is 0 Å². The molecule has 0 fully saturated rings. The van der Waals surface area contributed by atoms with E-state index >= 15 is 0 Å². The molecule has 84 valence electrons. The number of aryl methyl sites for hydroxylation is 1. The third kappa shape index (κ3) is 4.63. The van der Waals surface area contributed by atoms with Crippen LogP contribution in [0.25, 0.3) is 0 Å². The zero-order valence-corrected chi connectivity index (χ0v) is 9.47. The van der Waals surface area contributed by atoms with Gasteiger partial charge in [0, 0.05) is 12.6 Å². The topological polar surface area (TPSA) is 57.8 Å². The van der Waals surface area contributed by atoms with E-state index in [4.69, 9.17) is 0 Å². The molecule has 0 unspecified atom stereocenters. The number of nitrogens with one attached hydrogen (secondary N) is 2. The lowest BCUT2D eigenvalue weighted by Gasteiger charge is -2.05. The highest BCUT2D eigenvalue weighted by atomic mass is 16.1. The third-order valence-electron chi connectivity index (χ3n) is 2.20. The van der Waals surface area contributed by atoms with Crippen molar-refractivity contribution < 1.29 is 0 Å². The predicted molar refractivity (Wildman–Crippen MR) is 62.2 cm³/mol. The Labute approximate surface area is 90.1 Å². The lowest BCUT2D eigenvalue weighted by Crippen LogP contribution is -2.12. The molecule has 4 nitrogen and oxygen atoms in total. The maximum Gasteiger partial charge on any atom is 0.252 e. The Kier molecular flexibility index (Phi) is 4.87. The van der Waals surface area contributed by atoms with Crippen molar-refractivity contribution in [1.82, 2.24) is 9.97 Å². The molecule has 0 saturated carbocycles. The van der Waals surface area contributed by atoms with Crippen molar-refractivity contribution in [3.05, 3.63) is 22.2 Å². The average Bonchev–Trinajstić information content (AvgIpc) is 2.16. The van der Waals surface area contributed by atoms with Crippen molar-refractivity contribution in [2.24, 2.45) is 0 Å². The van der Waals surface area contributed by atoms with Gasteiger partial charge in [-0.3, -0.25) is 4.79 Å². The van der Waals surface area contributed by atoms with Crippen molar-refractivity contribution in [3.63, 3.8) is 0 Å². The number of aromatic nitrogens is 2. The minimum absolute atomic E-state index is 0.0986. The number of rotatable bonds is 6. The fraction of sp³-hybridized carbons (Fsp3) is 0.636. The second-order valence-corrected chi connectivity index (χ2v) is 3.70. The molecule has 0 bridgehead atoms. The van der Waals surface area contributed by atoms with Crippen LogP contribution in [0.15, 0.2) is 10.9 Å². The lowest BCUT2D eigenvalue weighted by molar-refractivity contribution is 0.684. The van der Waals surface area contributed by atoms with Gasteiger partial charge in [-0.25, -0.2) is 4.98 Å². The summed E-state index contributed by atoms with van der Waals surface area (Å²) in [5.74, 6) is 1.33. The Hall–Kier alpha value is -1.32. The van der Waals surface area contributed by atoms with Gasteiger partial charge < -0.3 is 10.3 Å². The summed E-state index contributed by atoms with van der Waals surface area (Å²) in [5.41, 5.74) is -0.0986. The van der Waals surface area contributed by atoms with Crippen LogP contribution in [0.4, 0.5) is 5.82 Å². The Bertz CT molecular complexity index is 346. The second-order valence-electron chi connectivity index (χ2n) is 3.70. The number of hydrogen-bond acceptors (Lipinski definition) is 3. The summed E-state index contributed by atoms with van der Waals surface area (Å²) < 4.78 is 0. The largest absolute Gasteiger partial charge is 0.370 e. The zero-order valence-electron chi connectivity index (χ0n) is 9.47. The van der Waals surface area contributed by atoms with Crippen LogP contribution in [0.3, 0.4) is 0 Å². The van der Waals surface area contributed by atoms with Gasteiger partial charge >= 0.3 is 0 Å². The van der Waals surface area contributed by atoms with E-state index in [1.54, 1.807) is 6.92 Å². The number of H-pyrrole nitrogens is 1. The monoisotopic (exact) mass is 209 g/mol. The van der Waals surface area contributed by atoms with Crippen LogP contribution in [0, 0.1) is 6.92 Å². The maximum absolute atomic E-state index is 11.1. The van der Waals surface area contributed by atoms with Gasteiger partial charge in [0.15, 0.2) is 0 Å². The molecule has 1 heterocycles. The fourth-order valence-corrected chi connectivity index (χ4v) is 1.44. The van der Waals surface area contributed by atoms with Crippen LogP contribution in [0.2, 0.25) is 0 Å². The van der Waals surface area contributed by atoms with Crippen LogP contribution in [-0.4, -0.2) is 16.5 Å². The minimum Gasteiger partial charge on any atom is -0.370 e. The third-order valence-corrected chi connectivity index (χ3v) is 2.20. The van der Waals surface area contributed by atoms with E-state index in [1.807, 2.05) is 0 Å². The van der Waals surface area contributed by atoms with E-state index in [2.05, 4.69) is 22.2 Å². The summed E-state index contributed by atoms with van der Waals surface area (Å²) in [5, 5.41) is 3.15. The fourth-order valence-electron chi connectivity index (χ4n) is 1.44. The molecule has 0 saturated heterocycles. The van der Waals surface area contributed by atoms with Crippen molar-refractivity contribution in [2.45, 2.75) is 39.5 Å². The number of nitrogens with zero attached hydrogens (tertiary/aromatic N) is 1. The van der Waals surface area contributed by atoms with Crippen molar-refractivity contribution in [3.8, 4) is 0 Å². The molecule has 0 aliphatic heterocycles. The highest BCUT2D eigenvalue weighted by Crippen LogP contribution is 2.01. The molecular formula is C11H19N3O. The Morgan fingerprint density at radius 1 is 1.40 bits per heavy atom. The average molecular weight is 209 g/mol.